The van der Waals surface area contributed by atoms with Crippen molar-refractivity contribution >= 4 is 29.3 Å². The summed E-state index contributed by atoms with van der Waals surface area (Å²) >= 11 is 5.83. The lowest BCUT2D eigenvalue weighted by Crippen LogP contribution is -2.54. The number of anilines is 1. The molecule has 126 valence electrons. The Morgan fingerprint density at radius 3 is 2.39 bits per heavy atom. The van der Waals surface area contributed by atoms with Crippen molar-refractivity contribution in [1.29, 1.82) is 0 Å². The third kappa shape index (κ3) is 4.84. The van der Waals surface area contributed by atoms with Crippen molar-refractivity contribution in [3.05, 3.63) is 29.3 Å². The second-order valence-electron chi connectivity index (χ2n) is 5.39. The molecule has 1 N–H and O–H groups in total. The molecule has 1 unspecified atom stereocenters. The average molecular weight is 340 g/mol. The Hall–Kier alpha value is -1.79. The molecule has 23 heavy (non-hydrogen) atoms. The summed E-state index contributed by atoms with van der Waals surface area (Å²) in [5, 5.41) is 3.51. The summed E-state index contributed by atoms with van der Waals surface area (Å²) in [6.07, 6.45) is -0.287. The molecule has 0 aromatic heterocycles. The Morgan fingerprint density at radius 1 is 1.22 bits per heavy atom. The number of nitrogens with zero attached hydrogens (tertiary/aromatic N) is 2. The van der Waals surface area contributed by atoms with Crippen molar-refractivity contribution in [2.75, 3.05) is 38.1 Å². The molecule has 2 rings (SSSR count). The summed E-state index contributed by atoms with van der Waals surface area (Å²) in [6, 6.07) is 6.74. The number of piperazine rings is 1. The van der Waals surface area contributed by atoms with Gasteiger partial charge in [-0.15, -0.1) is 0 Å². The number of hydrogen-bond donors (Lipinski definition) is 1. The Balaban J connectivity index is 1.84. The van der Waals surface area contributed by atoms with Gasteiger partial charge in [-0.25, -0.2) is 4.79 Å². The highest BCUT2D eigenvalue weighted by Crippen LogP contribution is 2.15. The summed E-state index contributed by atoms with van der Waals surface area (Å²) in [5.41, 5.74) is 0.719. The molecule has 1 aliphatic rings. The molecule has 0 bridgehead atoms. The molecule has 0 radical (unpaired) electrons. The number of amides is 2. The zero-order valence-electron chi connectivity index (χ0n) is 13.4. The number of benzene rings is 1. The molecular weight excluding hydrogens is 318 g/mol. The number of nitrogens with one attached hydrogen (secondary N) is 1. The summed E-state index contributed by atoms with van der Waals surface area (Å²) < 4.78 is 4.99. The third-order valence-electron chi connectivity index (χ3n) is 3.88. The number of carbonyl (C=O) groups excluding carboxylic acids is 2. The molecule has 0 aliphatic carbocycles. The molecule has 7 heteroatoms. The Morgan fingerprint density at radius 2 is 1.83 bits per heavy atom. The van der Waals surface area contributed by atoms with Crippen molar-refractivity contribution < 1.29 is 14.3 Å². The van der Waals surface area contributed by atoms with Gasteiger partial charge in [-0.2, -0.15) is 0 Å². The first kappa shape index (κ1) is 17.6. The van der Waals surface area contributed by atoms with Crippen LogP contribution in [0.1, 0.15) is 13.8 Å². The predicted octanol–water partition coefficient (Wildman–Crippen LogP) is 2.44. The summed E-state index contributed by atoms with van der Waals surface area (Å²) in [6.45, 7) is 6.46. The number of rotatable bonds is 4. The van der Waals surface area contributed by atoms with Crippen molar-refractivity contribution in [2.24, 2.45) is 0 Å². The molecule has 0 spiro atoms. The fourth-order valence-electron chi connectivity index (χ4n) is 2.45. The lowest BCUT2D eigenvalue weighted by molar-refractivity contribution is -0.121. The molecule has 1 atom stereocenters. The zero-order chi connectivity index (χ0) is 16.8. The van der Waals surface area contributed by atoms with Crippen LogP contribution in [0.5, 0.6) is 0 Å². The van der Waals surface area contributed by atoms with Crippen LogP contribution in [0.15, 0.2) is 24.3 Å². The second-order valence-corrected chi connectivity index (χ2v) is 5.83. The minimum Gasteiger partial charge on any atom is -0.450 e. The quantitative estimate of drug-likeness (QED) is 0.915. The molecular formula is C16H22ClN3O3. The van der Waals surface area contributed by atoms with Gasteiger partial charge in [0.2, 0.25) is 5.91 Å². The Kier molecular flexibility index (Phi) is 6.24. The molecule has 6 nitrogen and oxygen atoms in total. The van der Waals surface area contributed by atoms with E-state index in [-0.39, 0.29) is 18.0 Å². The van der Waals surface area contributed by atoms with Crippen molar-refractivity contribution in [1.82, 2.24) is 9.80 Å². The van der Waals surface area contributed by atoms with E-state index < -0.39 is 0 Å². The third-order valence-corrected chi connectivity index (χ3v) is 4.13. The number of halogens is 1. The van der Waals surface area contributed by atoms with Gasteiger partial charge in [-0.1, -0.05) is 11.6 Å². The van der Waals surface area contributed by atoms with Crippen LogP contribution in [0, 0.1) is 0 Å². The SMILES string of the molecule is CCOC(=O)N1CCN(C(C)C(=O)Nc2ccc(Cl)cc2)CC1. The molecule has 1 heterocycles. The highest BCUT2D eigenvalue weighted by atomic mass is 35.5. The second kappa shape index (κ2) is 8.17. The number of ether oxygens (including phenoxy) is 1. The van der Waals surface area contributed by atoms with Gasteiger partial charge in [-0.3, -0.25) is 9.69 Å². The zero-order valence-corrected chi connectivity index (χ0v) is 14.2. The first-order valence-electron chi connectivity index (χ1n) is 7.73. The van der Waals surface area contributed by atoms with E-state index >= 15 is 0 Å². The first-order chi connectivity index (χ1) is 11.0. The van der Waals surface area contributed by atoms with Gasteiger partial charge < -0.3 is 15.0 Å². The maximum absolute atomic E-state index is 12.3. The predicted molar refractivity (Wildman–Crippen MR) is 89.7 cm³/mol. The normalized spacial score (nSPS) is 16.7. The largest absolute Gasteiger partial charge is 0.450 e. The maximum atomic E-state index is 12.3. The van der Waals surface area contributed by atoms with Crippen LogP contribution in [-0.2, 0) is 9.53 Å². The van der Waals surface area contributed by atoms with E-state index in [1.165, 1.54) is 0 Å². The Labute approximate surface area is 141 Å². The topological polar surface area (TPSA) is 61.9 Å². The van der Waals surface area contributed by atoms with Gasteiger partial charge in [0, 0.05) is 36.9 Å². The monoisotopic (exact) mass is 339 g/mol. The number of carbonyl (C=O) groups is 2. The lowest BCUT2D eigenvalue weighted by Gasteiger charge is -2.36. The summed E-state index contributed by atoms with van der Waals surface area (Å²) in [4.78, 5) is 27.7. The van der Waals surface area contributed by atoms with Gasteiger partial charge in [0.25, 0.3) is 0 Å². The van der Waals surface area contributed by atoms with Gasteiger partial charge in [0.1, 0.15) is 0 Å². The Bertz CT molecular complexity index is 542. The highest BCUT2D eigenvalue weighted by molar-refractivity contribution is 6.30. The van der Waals surface area contributed by atoms with E-state index in [1.807, 2.05) is 6.92 Å². The fourth-order valence-corrected chi connectivity index (χ4v) is 2.58. The summed E-state index contributed by atoms with van der Waals surface area (Å²) in [7, 11) is 0. The van der Waals surface area contributed by atoms with Gasteiger partial charge in [0.05, 0.1) is 12.6 Å². The highest BCUT2D eigenvalue weighted by Gasteiger charge is 2.27. The molecule has 1 saturated heterocycles. The lowest BCUT2D eigenvalue weighted by atomic mass is 10.2. The fraction of sp³-hybridized carbons (Fsp3) is 0.500. The molecule has 1 aliphatic heterocycles. The van der Waals surface area contributed by atoms with Gasteiger partial charge >= 0.3 is 6.09 Å². The van der Waals surface area contributed by atoms with Crippen molar-refractivity contribution in [3.8, 4) is 0 Å². The van der Waals surface area contributed by atoms with Gasteiger partial charge in [0.15, 0.2) is 0 Å². The minimum absolute atomic E-state index is 0.0723. The van der Waals surface area contributed by atoms with E-state index in [0.717, 1.165) is 5.69 Å². The van der Waals surface area contributed by atoms with Crippen LogP contribution in [0.3, 0.4) is 0 Å². The van der Waals surface area contributed by atoms with Crippen LogP contribution >= 0.6 is 11.6 Å². The van der Waals surface area contributed by atoms with E-state index in [2.05, 4.69) is 10.2 Å². The molecule has 1 aromatic carbocycles. The summed E-state index contributed by atoms with van der Waals surface area (Å²) in [5.74, 6) is -0.0723. The maximum Gasteiger partial charge on any atom is 0.409 e. The average Bonchev–Trinajstić information content (AvgIpc) is 2.56. The molecule has 2 amide bonds. The van der Waals surface area contributed by atoms with E-state index in [4.69, 9.17) is 16.3 Å². The van der Waals surface area contributed by atoms with Crippen molar-refractivity contribution in [3.63, 3.8) is 0 Å². The van der Waals surface area contributed by atoms with Crippen LogP contribution < -0.4 is 5.32 Å². The van der Waals surface area contributed by atoms with Crippen LogP contribution in [0.2, 0.25) is 5.02 Å². The van der Waals surface area contributed by atoms with E-state index in [1.54, 1.807) is 36.1 Å². The minimum atomic E-state index is -0.287. The molecule has 1 fully saturated rings. The molecule has 0 saturated carbocycles. The number of hydrogen-bond acceptors (Lipinski definition) is 4. The van der Waals surface area contributed by atoms with Crippen LogP contribution in [0.25, 0.3) is 0 Å². The van der Waals surface area contributed by atoms with Crippen LogP contribution in [-0.4, -0.2) is 60.6 Å². The van der Waals surface area contributed by atoms with Crippen LogP contribution in [0.4, 0.5) is 10.5 Å². The smallest absolute Gasteiger partial charge is 0.409 e. The standard InChI is InChI=1S/C16H22ClN3O3/c1-3-23-16(22)20-10-8-19(9-11-20)12(2)15(21)18-14-6-4-13(17)5-7-14/h4-7,12H,3,8-11H2,1-2H3,(H,18,21). The molecule has 1 aromatic rings. The van der Waals surface area contributed by atoms with E-state index in [9.17, 15) is 9.59 Å². The van der Waals surface area contributed by atoms with E-state index in [0.29, 0.717) is 37.8 Å². The first-order valence-corrected chi connectivity index (χ1v) is 8.11. The van der Waals surface area contributed by atoms with Crippen molar-refractivity contribution in [2.45, 2.75) is 19.9 Å². The van der Waals surface area contributed by atoms with Gasteiger partial charge in [-0.05, 0) is 38.1 Å².